The van der Waals surface area contributed by atoms with Gasteiger partial charge in [0.2, 0.25) is 0 Å². The van der Waals surface area contributed by atoms with Gasteiger partial charge in [0.1, 0.15) is 11.4 Å². The van der Waals surface area contributed by atoms with E-state index in [4.69, 9.17) is 18.9 Å². The number of ketones is 1. The van der Waals surface area contributed by atoms with Crippen LogP contribution in [0, 0.1) is 5.92 Å². The van der Waals surface area contributed by atoms with E-state index in [2.05, 4.69) is 0 Å². The van der Waals surface area contributed by atoms with Crippen molar-refractivity contribution in [1.82, 2.24) is 0 Å². The summed E-state index contributed by atoms with van der Waals surface area (Å²) in [7, 11) is 4.47. The Balaban J connectivity index is 2.12. The largest absolute Gasteiger partial charge is 0.493 e. The first kappa shape index (κ1) is 15.8. The van der Waals surface area contributed by atoms with E-state index in [-0.39, 0.29) is 30.2 Å². The smallest absolute Gasteiger partial charge is 0.308 e. The van der Waals surface area contributed by atoms with E-state index in [1.165, 1.54) is 7.11 Å². The minimum atomic E-state index is -0.830. The fraction of sp³-hybridized carbons (Fsp3) is 0.529. The number of methoxy groups -OCH3 is 3. The topological polar surface area (TPSA) is 71.1 Å². The van der Waals surface area contributed by atoms with Crippen LogP contribution in [0.3, 0.4) is 0 Å². The van der Waals surface area contributed by atoms with Crippen LogP contribution in [0.5, 0.6) is 11.5 Å². The lowest BCUT2D eigenvalue weighted by atomic mass is 9.74. The number of hydrogen-bond acceptors (Lipinski definition) is 6. The van der Waals surface area contributed by atoms with Crippen molar-refractivity contribution in [3.8, 4) is 11.5 Å². The number of Topliss-reactive ketones (excluding diaryl/α,β-unsaturated/α-hetero) is 1. The van der Waals surface area contributed by atoms with Crippen molar-refractivity contribution < 1.29 is 28.5 Å². The Bertz CT molecular complexity index is 667. The van der Waals surface area contributed by atoms with Gasteiger partial charge in [-0.05, 0) is 36.6 Å². The normalized spacial score (nSPS) is 27.5. The number of carbonyl (C=O) groups excluding carboxylic acids is 2. The summed E-state index contributed by atoms with van der Waals surface area (Å²) < 4.78 is 21.7. The molecule has 0 amide bonds. The predicted octanol–water partition coefficient (Wildman–Crippen LogP) is 2.14. The summed E-state index contributed by atoms with van der Waals surface area (Å²) in [4.78, 5) is 23.8. The maximum absolute atomic E-state index is 12.0. The lowest BCUT2D eigenvalue weighted by Crippen LogP contribution is -2.30. The van der Waals surface area contributed by atoms with Gasteiger partial charge < -0.3 is 18.9 Å². The van der Waals surface area contributed by atoms with E-state index < -0.39 is 5.60 Å². The van der Waals surface area contributed by atoms with Crippen molar-refractivity contribution in [3.05, 3.63) is 23.3 Å². The zero-order valence-corrected chi connectivity index (χ0v) is 13.7. The highest BCUT2D eigenvalue weighted by atomic mass is 16.5. The summed E-state index contributed by atoms with van der Waals surface area (Å²) in [6, 6.07) is 3.68. The van der Waals surface area contributed by atoms with Crippen LogP contribution in [-0.2, 0) is 24.7 Å². The highest BCUT2D eigenvalue weighted by Gasteiger charge is 2.58. The molecule has 0 unspecified atom stereocenters. The van der Waals surface area contributed by atoms with Crippen LogP contribution in [-0.4, -0.2) is 33.1 Å². The Morgan fingerprint density at radius 2 is 1.87 bits per heavy atom. The summed E-state index contributed by atoms with van der Waals surface area (Å²) in [6.07, 6.45) is 0.198. The minimum absolute atomic E-state index is 0.0576. The molecule has 2 aliphatic rings. The van der Waals surface area contributed by atoms with E-state index in [1.807, 2.05) is 12.1 Å². The first-order valence-corrected chi connectivity index (χ1v) is 7.47. The number of fused-ring (bicyclic) bond motifs is 5. The van der Waals surface area contributed by atoms with Crippen LogP contribution >= 0.6 is 0 Å². The first-order valence-electron chi connectivity index (χ1n) is 7.47. The second-order valence-corrected chi connectivity index (χ2v) is 6.00. The van der Waals surface area contributed by atoms with Crippen molar-refractivity contribution in [3.63, 3.8) is 0 Å². The van der Waals surface area contributed by atoms with Gasteiger partial charge in [0.15, 0.2) is 11.5 Å². The van der Waals surface area contributed by atoms with Gasteiger partial charge >= 0.3 is 5.97 Å². The van der Waals surface area contributed by atoms with Crippen molar-refractivity contribution in [2.24, 2.45) is 5.92 Å². The molecule has 2 bridgehead atoms. The molecule has 6 heteroatoms. The van der Waals surface area contributed by atoms with Gasteiger partial charge in [-0.1, -0.05) is 0 Å². The molecule has 2 heterocycles. The third kappa shape index (κ3) is 2.28. The molecule has 6 nitrogen and oxygen atoms in total. The van der Waals surface area contributed by atoms with Crippen molar-refractivity contribution in [2.45, 2.75) is 31.5 Å². The van der Waals surface area contributed by atoms with Gasteiger partial charge in [-0.25, -0.2) is 0 Å². The molecule has 0 aromatic heterocycles. The van der Waals surface area contributed by atoms with Gasteiger partial charge in [0.25, 0.3) is 0 Å². The molecule has 1 aromatic rings. The van der Waals surface area contributed by atoms with E-state index in [0.717, 1.165) is 11.1 Å². The number of hydrogen-bond donors (Lipinski definition) is 0. The van der Waals surface area contributed by atoms with Gasteiger partial charge in [0, 0.05) is 0 Å². The van der Waals surface area contributed by atoms with Crippen molar-refractivity contribution in [2.75, 3.05) is 21.3 Å². The van der Waals surface area contributed by atoms with E-state index in [9.17, 15) is 9.59 Å². The predicted molar refractivity (Wildman–Crippen MR) is 80.5 cm³/mol. The summed E-state index contributed by atoms with van der Waals surface area (Å²) in [5.41, 5.74) is 0.934. The fourth-order valence-corrected chi connectivity index (χ4v) is 3.69. The van der Waals surface area contributed by atoms with Crippen LogP contribution in [0.2, 0.25) is 0 Å². The summed E-state index contributed by atoms with van der Waals surface area (Å²) in [6.45, 7) is 1.56. The van der Waals surface area contributed by atoms with Gasteiger partial charge in [0.05, 0.1) is 39.8 Å². The molecule has 23 heavy (non-hydrogen) atoms. The number of ether oxygens (including phenoxy) is 4. The molecule has 0 saturated carbocycles. The minimum Gasteiger partial charge on any atom is -0.493 e. The molecule has 3 rings (SSSR count). The first-order chi connectivity index (χ1) is 11.0. The Kier molecular flexibility index (Phi) is 3.80. The van der Waals surface area contributed by atoms with Gasteiger partial charge in [-0.3, -0.25) is 9.59 Å². The Hall–Kier alpha value is -2.08. The summed E-state index contributed by atoms with van der Waals surface area (Å²) in [5, 5.41) is 0. The molecular weight excluding hydrogens is 300 g/mol. The molecule has 0 spiro atoms. The maximum atomic E-state index is 12.0. The van der Waals surface area contributed by atoms with Crippen LogP contribution in [0.15, 0.2) is 12.1 Å². The lowest BCUT2D eigenvalue weighted by Gasteiger charge is -2.28. The molecule has 0 aliphatic carbocycles. The number of esters is 1. The van der Waals surface area contributed by atoms with Crippen LogP contribution in [0.25, 0.3) is 0 Å². The molecule has 1 saturated heterocycles. The molecule has 124 valence electrons. The Labute approximate surface area is 134 Å². The zero-order chi connectivity index (χ0) is 16.8. The Morgan fingerprint density at radius 1 is 1.22 bits per heavy atom. The molecule has 3 atom stereocenters. The second kappa shape index (κ2) is 5.53. The monoisotopic (exact) mass is 320 g/mol. The average Bonchev–Trinajstić information content (AvgIpc) is 3.06. The van der Waals surface area contributed by atoms with E-state index in [1.54, 1.807) is 21.1 Å². The molecule has 1 aromatic carbocycles. The van der Waals surface area contributed by atoms with Crippen LogP contribution < -0.4 is 9.47 Å². The van der Waals surface area contributed by atoms with E-state index >= 15 is 0 Å². The molecule has 2 aliphatic heterocycles. The third-order valence-corrected chi connectivity index (χ3v) is 4.80. The zero-order valence-electron chi connectivity index (χ0n) is 13.7. The Morgan fingerprint density at radius 3 is 2.43 bits per heavy atom. The van der Waals surface area contributed by atoms with Gasteiger partial charge in [-0.15, -0.1) is 0 Å². The van der Waals surface area contributed by atoms with Crippen LogP contribution in [0.1, 0.15) is 37.0 Å². The van der Waals surface area contributed by atoms with Crippen LogP contribution in [0.4, 0.5) is 0 Å². The third-order valence-electron chi connectivity index (χ3n) is 4.80. The highest BCUT2D eigenvalue weighted by Crippen LogP contribution is 2.61. The van der Waals surface area contributed by atoms with Crippen molar-refractivity contribution in [1.29, 1.82) is 0 Å². The molecular formula is C17H20O6. The maximum Gasteiger partial charge on any atom is 0.308 e. The van der Waals surface area contributed by atoms with E-state index in [0.29, 0.717) is 17.9 Å². The fourth-order valence-electron chi connectivity index (χ4n) is 3.69. The SMILES string of the molecule is COC(=O)C[C@]12C[C@H](C(C)=O)[C@H](O1)c1cc(OC)c(OC)cc12. The highest BCUT2D eigenvalue weighted by molar-refractivity contribution is 5.81. The summed E-state index contributed by atoms with van der Waals surface area (Å²) in [5.74, 6) is 0.590. The summed E-state index contributed by atoms with van der Waals surface area (Å²) >= 11 is 0. The van der Waals surface area contributed by atoms with Gasteiger partial charge in [-0.2, -0.15) is 0 Å². The number of carbonyl (C=O) groups is 2. The quantitative estimate of drug-likeness (QED) is 0.774. The standard InChI is InChI=1S/C17H20O6/c1-9(18)11-7-17(8-15(19)22-4)12-6-14(21-3)13(20-2)5-10(12)16(11)23-17/h5-6,11,16H,7-8H2,1-4H3/t11-,16-,17+/m1/s1. The second-order valence-electron chi connectivity index (χ2n) is 6.00. The number of rotatable bonds is 5. The van der Waals surface area contributed by atoms with Crippen molar-refractivity contribution >= 4 is 11.8 Å². The lowest BCUT2D eigenvalue weighted by molar-refractivity contribution is -0.147. The molecule has 1 fully saturated rings. The molecule has 0 N–H and O–H groups in total. The molecule has 0 radical (unpaired) electrons. The average molecular weight is 320 g/mol. The number of benzene rings is 1.